The van der Waals surface area contributed by atoms with E-state index in [0.29, 0.717) is 6.42 Å². The van der Waals surface area contributed by atoms with Crippen LogP contribution >= 0.6 is 0 Å². The van der Waals surface area contributed by atoms with Crippen molar-refractivity contribution in [3.05, 3.63) is 0 Å². The molecule has 2 amide bonds. The molecule has 7 heteroatoms. The minimum atomic E-state index is -0.889. The molecule has 0 saturated carbocycles. The number of unbranched alkanes of at least 4 members (excludes halogenated alkanes) is 4. The summed E-state index contributed by atoms with van der Waals surface area (Å²) in [4.78, 5) is 46.9. The number of ketones is 1. The zero-order valence-electron chi connectivity index (χ0n) is 16.6. The van der Waals surface area contributed by atoms with Crippen molar-refractivity contribution in [1.82, 2.24) is 10.6 Å². The van der Waals surface area contributed by atoms with Crippen molar-refractivity contribution in [3.63, 3.8) is 0 Å². The number of hydrogen-bond acceptors (Lipinski definition) is 5. The first kappa shape index (κ1) is 24.1. The highest BCUT2D eigenvalue weighted by atomic mass is 16.5. The Balaban J connectivity index is 4.27. The van der Waals surface area contributed by atoms with Crippen LogP contribution in [0.3, 0.4) is 0 Å². The molecule has 0 aliphatic rings. The molecule has 0 rings (SSSR count). The number of carbonyl (C=O) groups is 4. The number of Topliss-reactive ketones (excluding diaryl/α,β-unsaturated/α-hetero) is 1. The van der Waals surface area contributed by atoms with Gasteiger partial charge < -0.3 is 20.2 Å². The Morgan fingerprint density at radius 3 is 2.15 bits per heavy atom. The Bertz CT molecular complexity index is 463. The van der Waals surface area contributed by atoms with Gasteiger partial charge in [-0.2, -0.15) is 0 Å². The van der Waals surface area contributed by atoms with E-state index in [1.165, 1.54) is 6.92 Å². The lowest BCUT2D eigenvalue weighted by Crippen LogP contribution is -2.46. The van der Waals surface area contributed by atoms with Gasteiger partial charge in [0.2, 0.25) is 11.8 Å². The predicted molar refractivity (Wildman–Crippen MR) is 99.5 cm³/mol. The molecule has 1 unspecified atom stereocenters. The van der Waals surface area contributed by atoms with Crippen molar-refractivity contribution in [2.75, 3.05) is 6.54 Å². The van der Waals surface area contributed by atoms with Crippen LogP contribution in [0.2, 0.25) is 0 Å². The fraction of sp³-hybridized carbons (Fsp3) is 0.789. The second-order valence-electron chi connectivity index (χ2n) is 6.79. The summed E-state index contributed by atoms with van der Waals surface area (Å²) in [5.41, 5.74) is 0. The highest BCUT2D eigenvalue weighted by Crippen LogP contribution is 2.05. The molecule has 2 N–H and O–H groups in total. The molecular formula is C19H34N2O5. The monoisotopic (exact) mass is 370 g/mol. The first-order valence-corrected chi connectivity index (χ1v) is 9.52. The average molecular weight is 370 g/mol. The van der Waals surface area contributed by atoms with E-state index in [-0.39, 0.29) is 37.2 Å². The van der Waals surface area contributed by atoms with E-state index in [4.69, 9.17) is 4.74 Å². The smallest absolute Gasteiger partial charge is 0.328 e. The lowest BCUT2D eigenvalue weighted by molar-refractivity contribution is -0.151. The van der Waals surface area contributed by atoms with Crippen molar-refractivity contribution < 1.29 is 23.9 Å². The number of ether oxygens (including phenoxy) is 1. The standard InChI is InChI=1S/C19H34N2O5/c1-5-6-7-8-9-10-17(23)20-13-18(24)21-16(12-11-15(4)22)19(25)26-14(2)3/h14,16H,5-13H2,1-4H3,(H,20,23)(H,21,24). The lowest BCUT2D eigenvalue weighted by Gasteiger charge is -2.19. The topological polar surface area (TPSA) is 102 Å². The molecule has 1 atom stereocenters. The third-order valence-corrected chi connectivity index (χ3v) is 3.71. The van der Waals surface area contributed by atoms with E-state index in [1.54, 1.807) is 13.8 Å². The highest BCUT2D eigenvalue weighted by Gasteiger charge is 2.23. The molecule has 26 heavy (non-hydrogen) atoms. The summed E-state index contributed by atoms with van der Waals surface area (Å²) in [5.74, 6) is -1.30. The minimum Gasteiger partial charge on any atom is -0.461 e. The molecule has 150 valence electrons. The lowest BCUT2D eigenvalue weighted by atomic mass is 10.1. The Hall–Kier alpha value is -1.92. The van der Waals surface area contributed by atoms with Crippen LogP contribution in [0.1, 0.15) is 79.1 Å². The third-order valence-electron chi connectivity index (χ3n) is 3.71. The molecular weight excluding hydrogens is 336 g/mol. The number of rotatable bonds is 14. The zero-order valence-corrected chi connectivity index (χ0v) is 16.6. The largest absolute Gasteiger partial charge is 0.461 e. The molecule has 0 aliphatic carbocycles. The van der Waals surface area contributed by atoms with Crippen LogP contribution in [0, 0.1) is 0 Å². The number of carbonyl (C=O) groups excluding carboxylic acids is 4. The molecule has 0 radical (unpaired) electrons. The summed E-state index contributed by atoms with van der Waals surface area (Å²) < 4.78 is 5.10. The molecule has 0 saturated heterocycles. The van der Waals surface area contributed by atoms with Crippen LogP contribution in [0.4, 0.5) is 0 Å². The summed E-state index contributed by atoms with van der Waals surface area (Å²) in [7, 11) is 0. The van der Waals surface area contributed by atoms with Crippen LogP contribution in [-0.4, -0.2) is 42.3 Å². The summed E-state index contributed by atoms with van der Waals surface area (Å²) in [6.07, 6.45) is 5.65. The van der Waals surface area contributed by atoms with Crippen molar-refractivity contribution in [1.29, 1.82) is 0 Å². The fourth-order valence-electron chi connectivity index (χ4n) is 2.31. The van der Waals surface area contributed by atoms with Gasteiger partial charge in [0.05, 0.1) is 12.6 Å². The van der Waals surface area contributed by atoms with E-state index in [2.05, 4.69) is 17.6 Å². The molecule has 0 bridgehead atoms. The summed E-state index contributed by atoms with van der Waals surface area (Å²) in [6, 6.07) is -0.889. The van der Waals surface area contributed by atoms with Gasteiger partial charge in [-0.25, -0.2) is 4.79 Å². The molecule has 0 spiro atoms. The van der Waals surface area contributed by atoms with Crippen LogP contribution in [0.15, 0.2) is 0 Å². The Morgan fingerprint density at radius 1 is 0.923 bits per heavy atom. The highest BCUT2D eigenvalue weighted by molar-refractivity contribution is 5.88. The summed E-state index contributed by atoms with van der Waals surface area (Å²) in [6.45, 7) is 6.78. The van der Waals surface area contributed by atoms with E-state index in [0.717, 1.165) is 32.1 Å². The molecule has 0 heterocycles. The Kier molecular flexibility index (Phi) is 13.2. The van der Waals surface area contributed by atoms with Gasteiger partial charge in [0.15, 0.2) is 0 Å². The van der Waals surface area contributed by atoms with Crippen molar-refractivity contribution in [2.24, 2.45) is 0 Å². The van der Waals surface area contributed by atoms with Gasteiger partial charge in [-0.15, -0.1) is 0 Å². The zero-order chi connectivity index (χ0) is 19.9. The number of amides is 2. The van der Waals surface area contributed by atoms with Gasteiger partial charge in [0, 0.05) is 12.8 Å². The minimum absolute atomic E-state index is 0.0713. The summed E-state index contributed by atoms with van der Waals surface area (Å²) >= 11 is 0. The van der Waals surface area contributed by atoms with Crippen LogP contribution < -0.4 is 10.6 Å². The normalized spacial score (nSPS) is 11.7. The summed E-state index contributed by atoms with van der Waals surface area (Å²) in [5, 5.41) is 5.09. The van der Waals surface area contributed by atoms with Gasteiger partial charge in [0.25, 0.3) is 0 Å². The van der Waals surface area contributed by atoms with Gasteiger partial charge in [0.1, 0.15) is 11.8 Å². The van der Waals surface area contributed by atoms with E-state index >= 15 is 0 Å². The van der Waals surface area contributed by atoms with Crippen molar-refractivity contribution in [3.8, 4) is 0 Å². The second kappa shape index (κ2) is 14.3. The van der Waals surface area contributed by atoms with Gasteiger partial charge in [-0.3, -0.25) is 9.59 Å². The van der Waals surface area contributed by atoms with Gasteiger partial charge in [-0.05, 0) is 33.6 Å². The molecule has 0 aromatic rings. The molecule has 0 fully saturated rings. The first-order valence-electron chi connectivity index (χ1n) is 9.52. The van der Waals surface area contributed by atoms with Crippen LogP contribution in [0.5, 0.6) is 0 Å². The Labute approximate surface area is 156 Å². The maximum absolute atomic E-state index is 12.0. The predicted octanol–water partition coefficient (Wildman–Crippen LogP) is 2.27. The van der Waals surface area contributed by atoms with Crippen molar-refractivity contribution >= 4 is 23.6 Å². The quantitative estimate of drug-likeness (QED) is 0.361. The number of hydrogen-bond donors (Lipinski definition) is 2. The molecule has 0 aliphatic heterocycles. The maximum atomic E-state index is 12.0. The van der Waals surface area contributed by atoms with Gasteiger partial charge >= 0.3 is 5.97 Å². The SMILES string of the molecule is CCCCCCCC(=O)NCC(=O)NC(CCC(C)=O)C(=O)OC(C)C. The Morgan fingerprint density at radius 2 is 1.58 bits per heavy atom. The molecule has 0 aromatic heterocycles. The molecule has 0 aromatic carbocycles. The molecule has 7 nitrogen and oxygen atoms in total. The number of esters is 1. The third kappa shape index (κ3) is 13.4. The van der Waals surface area contributed by atoms with E-state index < -0.39 is 17.9 Å². The second-order valence-corrected chi connectivity index (χ2v) is 6.79. The van der Waals surface area contributed by atoms with Crippen LogP contribution in [-0.2, 0) is 23.9 Å². The average Bonchev–Trinajstić information content (AvgIpc) is 2.55. The fourth-order valence-corrected chi connectivity index (χ4v) is 2.31. The van der Waals surface area contributed by atoms with Crippen molar-refractivity contribution in [2.45, 2.75) is 91.2 Å². The van der Waals surface area contributed by atoms with E-state index in [1.807, 2.05) is 0 Å². The van der Waals surface area contributed by atoms with Crippen LogP contribution in [0.25, 0.3) is 0 Å². The maximum Gasteiger partial charge on any atom is 0.328 e. The number of nitrogens with one attached hydrogen (secondary N) is 2. The van der Waals surface area contributed by atoms with Gasteiger partial charge in [-0.1, -0.05) is 32.6 Å². The van der Waals surface area contributed by atoms with E-state index in [9.17, 15) is 19.2 Å². The first-order chi connectivity index (χ1) is 12.3.